The summed E-state index contributed by atoms with van der Waals surface area (Å²) in [6.45, 7) is -0.136. The van der Waals surface area contributed by atoms with Gasteiger partial charge in [-0.05, 0) is 37.1 Å². The Morgan fingerprint density at radius 3 is 2.39 bits per heavy atom. The number of imide groups is 1. The number of rotatable bonds is 5. The minimum atomic E-state index is -4.69. The Labute approximate surface area is 176 Å². The molecule has 7 nitrogen and oxygen atoms in total. The highest BCUT2D eigenvalue weighted by Gasteiger charge is 2.47. The molecule has 31 heavy (non-hydrogen) atoms. The molecule has 10 heteroatoms. The molecule has 1 aliphatic heterocycles. The normalized spacial score (nSPS) is 21.3. The van der Waals surface area contributed by atoms with Crippen LogP contribution in [0, 0.1) is 11.8 Å². The fourth-order valence-corrected chi connectivity index (χ4v) is 4.32. The van der Waals surface area contributed by atoms with Gasteiger partial charge in [-0.15, -0.1) is 0 Å². The van der Waals surface area contributed by atoms with Crippen molar-refractivity contribution in [3.05, 3.63) is 42.2 Å². The van der Waals surface area contributed by atoms with Crippen LogP contribution < -0.4 is 5.32 Å². The molecule has 1 saturated heterocycles. The summed E-state index contributed by atoms with van der Waals surface area (Å²) in [6, 6.07) is 5.06. The Morgan fingerprint density at radius 1 is 1.13 bits per heavy atom. The van der Waals surface area contributed by atoms with Gasteiger partial charge in [0.15, 0.2) is 0 Å². The average Bonchev–Trinajstić information content (AvgIpc) is 3.35. The predicted molar refractivity (Wildman–Crippen MR) is 104 cm³/mol. The van der Waals surface area contributed by atoms with Crippen molar-refractivity contribution in [2.75, 3.05) is 11.9 Å². The second kappa shape index (κ2) is 8.16. The van der Waals surface area contributed by atoms with Crippen molar-refractivity contribution in [2.45, 2.75) is 38.3 Å². The maximum absolute atomic E-state index is 13.5. The SMILES string of the molecule is O=C(CCN1C(=O)C2CCCCC2C1=O)Nc1ccc(-n2cccn2)cc1C(F)(F)F. The highest BCUT2D eigenvalue weighted by Crippen LogP contribution is 2.38. The number of carbonyl (C=O) groups excluding carboxylic acids is 3. The van der Waals surface area contributed by atoms with Crippen LogP contribution in [0.3, 0.4) is 0 Å². The standard InChI is InChI=1S/C21H21F3N4O3/c22-21(23,24)16-12-13(28-10-3-9-25-28)6-7-17(16)26-18(29)8-11-27-19(30)14-4-1-2-5-15(14)20(27)31/h3,6-7,9-10,12,14-15H,1-2,4-5,8,11H2,(H,26,29). The summed E-state index contributed by atoms with van der Waals surface area (Å²) < 4.78 is 41.9. The van der Waals surface area contributed by atoms with E-state index in [1.54, 1.807) is 6.07 Å². The lowest BCUT2D eigenvalue weighted by Crippen LogP contribution is -2.34. The fourth-order valence-electron chi connectivity index (χ4n) is 4.32. The van der Waals surface area contributed by atoms with E-state index < -0.39 is 17.6 Å². The number of hydrogen-bond acceptors (Lipinski definition) is 4. The van der Waals surface area contributed by atoms with Crippen LogP contribution in [0.1, 0.15) is 37.7 Å². The number of halogens is 3. The van der Waals surface area contributed by atoms with Crippen molar-refractivity contribution in [3.8, 4) is 5.69 Å². The van der Waals surface area contributed by atoms with Crippen LogP contribution in [0.4, 0.5) is 18.9 Å². The third kappa shape index (κ3) is 4.19. The van der Waals surface area contributed by atoms with Crippen molar-refractivity contribution >= 4 is 23.4 Å². The largest absolute Gasteiger partial charge is 0.418 e. The molecule has 1 saturated carbocycles. The van der Waals surface area contributed by atoms with Gasteiger partial charge in [-0.1, -0.05) is 12.8 Å². The minimum absolute atomic E-state index is 0.136. The Bertz CT molecular complexity index is 980. The molecular formula is C21H21F3N4O3. The van der Waals surface area contributed by atoms with E-state index in [1.165, 1.54) is 29.2 Å². The number of carbonyl (C=O) groups is 3. The number of nitrogens with one attached hydrogen (secondary N) is 1. The number of nitrogens with zero attached hydrogens (tertiary/aromatic N) is 3. The zero-order valence-corrected chi connectivity index (χ0v) is 16.6. The van der Waals surface area contributed by atoms with Gasteiger partial charge >= 0.3 is 6.18 Å². The lowest BCUT2D eigenvalue weighted by molar-refractivity contribution is -0.140. The summed E-state index contributed by atoms with van der Waals surface area (Å²) in [5.41, 5.74) is -1.19. The van der Waals surface area contributed by atoms with Crippen LogP contribution in [0.25, 0.3) is 5.69 Å². The molecule has 0 spiro atoms. The first-order chi connectivity index (χ1) is 14.8. The topological polar surface area (TPSA) is 84.3 Å². The van der Waals surface area contributed by atoms with Gasteiger partial charge in [0.25, 0.3) is 0 Å². The van der Waals surface area contributed by atoms with Gasteiger partial charge in [0.05, 0.1) is 28.8 Å². The first-order valence-electron chi connectivity index (χ1n) is 10.1. The Hall–Kier alpha value is -3.17. The molecule has 0 radical (unpaired) electrons. The molecule has 2 fully saturated rings. The molecule has 2 aliphatic rings. The number of fused-ring (bicyclic) bond motifs is 1. The third-order valence-electron chi connectivity index (χ3n) is 5.85. The van der Waals surface area contributed by atoms with Crippen molar-refractivity contribution < 1.29 is 27.6 Å². The number of aromatic nitrogens is 2. The van der Waals surface area contributed by atoms with E-state index in [9.17, 15) is 27.6 Å². The second-order valence-electron chi connectivity index (χ2n) is 7.80. The monoisotopic (exact) mass is 434 g/mol. The first-order valence-corrected chi connectivity index (χ1v) is 10.1. The zero-order chi connectivity index (χ0) is 22.2. The van der Waals surface area contributed by atoms with Gasteiger partial charge < -0.3 is 5.32 Å². The van der Waals surface area contributed by atoms with E-state index in [0.717, 1.165) is 23.8 Å². The summed E-state index contributed by atoms with van der Waals surface area (Å²) in [7, 11) is 0. The fraction of sp³-hybridized carbons (Fsp3) is 0.429. The van der Waals surface area contributed by atoms with Crippen LogP contribution in [0.15, 0.2) is 36.7 Å². The van der Waals surface area contributed by atoms with E-state index in [1.807, 2.05) is 0 Å². The molecule has 2 aromatic rings. The van der Waals surface area contributed by atoms with E-state index >= 15 is 0 Å². The van der Waals surface area contributed by atoms with Crippen LogP contribution in [-0.2, 0) is 20.6 Å². The predicted octanol–water partition coefficient (Wildman–Crippen LogP) is 3.39. The minimum Gasteiger partial charge on any atom is -0.325 e. The summed E-state index contributed by atoms with van der Waals surface area (Å²) in [6.07, 6.45) is 1.10. The lowest BCUT2D eigenvalue weighted by Gasteiger charge is -2.19. The second-order valence-corrected chi connectivity index (χ2v) is 7.80. The van der Waals surface area contributed by atoms with Crippen molar-refractivity contribution in [1.29, 1.82) is 0 Å². The maximum atomic E-state index is 13.5. The molecule has 1 aromatic heterocycles. The highest BCUT2D eigenvalue weighted by atomic mass is 19.4. The van der Waals surface area contributed by atoms with Crippen LogP contribution in [0.5, 0.6) is 0 Å². The van der Waals surface area contributed by atoms with Crippen LogP contribution in [-0.4, -0.2) is 38.9 Å². The van der Waals surface area contributed by atoms with E-state index in [0.29, 0.717) is 12.8 Å². The van der Waals surface area contributed by atoms with Crippen molar-refractivity contribution in [3.63, 3.8) is 0 Å². The molecule has 1 N–H and O–H groups in total. The van der Waals surface area contributed by atoms with Gasteiger partial charge in [0.2, 0.25) is 17.7 Å². The summed E-state index contributed by atoms with van der Waals surface area (Å²) in [5.74, 6) is -1.90. The molecule has 1 aromatic carbocycles. The van der Waals surface area contributed by atoms with Crippen LogP contribution in [0.2, 0.25) is 0 Å². The quantitative estimate of drug-likeness (QED) is 0.732. The van der Waals surface area contributed by atoms with E-state index in [-0.39, 0.29) is 48.0 Å². The van der Waals surface area contributed by atoms with E-state index in [4.69, 9.17) is 0 Å². The first kappa shape index (κ1) is 21.1. The van der Waals surface area contributed by atoms with Gasteiger partial charge in [0, 0.05) is 25.4 Å². The van der Waals surface area contributed by atoms with Gasteiger partial charge in [-0.25, -0.2) is 4.68 Å². The summed E-state index contributed by atoms with van der Waals surface area (Å²) in [4.78, 5) is 38.4. The number of benzene rings is 1. The molecule has 164 valence electrons. The third-order valence-corrected chi connectivity index (χ3v) is 5.85. The maximum Gasteiger partial charge on any atom is 0.418 e. The number of anilines is 1. The Kier molecular flexibility index (Phi) is 5.55. The van der Waals surface area contributed by atoms with Gasteiger partial charge in [0.1, 0.15) is 0 Å². The molecule has 2 unspecified atom stereocenters. The molecule has 3 amide bonds. The Morgan fingerprint density at radius 2 is 1.81 bits per heavy atom. The number of alkyl halides is 3. The molecule has 4 rings (SSSR count). The van der Waals surface area contributed by atoms with Crippen molar-refractivity contribution in [2.24, 2.45) is 11.8 Å². The zero-order valence-electron chi connectivity index (χ0n) is 16.6. The van der Waals surface area contributed by atoms with Gasteiger partial charge in [-0.2, -0.15) is 18.3 Å². The van der Waals surface area contributed by atoms with Gasteiger partial charge in [-0.3, -0.25) is 19.3 Å². The lowest BCUT2D eigenvalue weighted by atomic mass is 9.81. The number of likely N-dealkylation sites (tertiary alicyclic amines) is 1. The summed E-state index contributed by atoms with van der Waals surface area (Å²) >= 11 is 0. The highest BCUT2D eigenvalue weighted by molar-refractivity contribution is 6.05. The molecule has 2 atom stereocenters. The van der Waals surface area contributed by atoms with Crippen molar-refractivity contribution in [1.82, 2.24) is 14.7 Å². The van der Waals surface area contributed by atoms with E-state index in [2.05, 4.69) is 10.4 Å². The average molecular weight is 434 g/mol. The molecular weight excluding hydrogens is 413 g/mol. The number of hydrogen-bond donors (Lipinski definition) is 1. The van der Waals surface area contributed by atoms with Crippen LogP contribution >= 0.6 is 0 Å². The Balaban J connectivity index is 1.45. The molecule has 2 heterocycles. The molecule has 0 bridgehead atoms. The summed E-state index contributed by atoms with van der Waals surface area (Å²) in [5, 5.41) is 6.18. The number of amides is 3. The smallest absolute Gasteiger partial charge is 0.325 e. The molecule has 1 aliphatic carbocycles.